The lowest BCUT2D eigenvalue weighted by atomic mass is 10.0. The smallest absolute Gasteiger partial charge is 0.139 e. The molecule has 2 saturated heterocycles. The minimum Gasteiger partial charge on any atom is -0.485 e. The number of pyridine rings is 1. The van der Waals surface area contributed by atoms with Gasteiger partial charge in [-0.3, -0.25) is 14.6 Å². The molecular formula is C17H22N4O2. The first kappa shape index (κ1) is 14.7. The Balaban J connectivity index is 1.49. The predicted molar refractivity (Wildman–Crippen MR) is 85.0 cm³/mol. The number of aromatic nitrogens is 3. The molecule has 23 heavy (non-hydrogen) atoms. The van der Waals surface area contributed by atoms with Crippen molar-refractivity contribution >= 4 is 0 Å². The van der Waals surface area contributed by atoms with Crippen LogP contribution in [0.3, 0.4) is 0 Å². The average molecular weight is 314 g/mol. The van der Waals surface area contributed by atoms with Crippen LogP contribution in [-0.4, -0.2) is 51.1 Å². The first-order valence-corrected chi connectivity index (χ1v) is 8.19. The fraction of sp³-hybridized carbons (Fsp3) is 0.529. The van der Waals surface area contributed by atoms with Gasteiger partial charge in [-0.1, -0.05) is 0 Å². The van der Waals surface area contributed by atoms with E-state index in [1.165, 1.54) is 5.56 Å². The molecule has 0 amide bonds. The molecule has 0 aliphatic carbocycles. The SMILES string of the molecule is Cn1cc(CN2C[C@H](Oc3cccnc3)[C@H]3OCCC[C@H]32)cn1. The fourth-order valence-electron chi connectivity index (χ4n) is 3.67. The van der Waals surface area contributed by atoms with Gasteiger partial charge in [0.05, 0.1) is 12.4 Å². The van der Waals surface area contributed by atoms with Crippen LogP contribution >= 0.6 is 0 Å². The quantitative estimate of drug-likeness (QED) is 0.858. The van der Waals surface area contributed by atoms with E-state index in [0.717, 1.165) is 38.3 Å². The van der Waals surface area contributed by atoms with Crippen molar-refractivity contribution in [2.75, 3.05) is 13.2 Å². The summed E-state index contributed by atoms with van der Waals surface area (Å²) < 4.78 is 14.1. The maximum atomic E-state index is 6.17. The second-order valence-corrected chi connectivity index (χ2v) is 6.34. The van der Waals surface area contributed by atoms with E-state index in [4.69, 9.17) is 9.47 Å². The maximum Gasteiger partial charge on any atom is 0.139 e. The molecule has 4 heterocycles. The van der Waals surface area contributed by atoms with E-state index in [-0.39, 0.29) is 12.2 Å². The van der Waals surface area contributed by atoms with Gasteiger partial charge in [-0.25, -0.2) is 0 Å². The molecule has 2 fully saturated rings. The summed E-state index contributed by atoms with van der Waals surface area (Å²) >= 11 is 0. The standard InChI is InChI=1S/C17H22N4O2/c1-20-10-13(8-19-20)11-21-12-16(17-15(21)5-3-7-22-17)23-14-4-2-6-18-9-14/h2,4,6,8-10,15-17H,3,5,7,11-12H2,1H3/t15-,16+,17+/m1/s1. The van der Waals surface area contributed by atoms with Crippen molar-refractivity contribution in [3.05, 3.63) is 42.5 Å². The van der Waals surface area contributed by atoms with Crippen molar-refractivity contribution < 1.29 is 9.47 Å². The summed E-state index contributed by atoms with van der Waals surface area (Å²) in [5.74, 6) is 0.814. The highest BCUT2D eigenvalue weighted by molar-refractivity contribution is 5.17. The number of ether oxygens (including phenoxy) is 2. The van der Waals surface area contributed by atoms with Crippen molar-refractivity contribution in [3.8, 4) is 5.75 Å². The lowest BCUT2D eigenvalue weighted by molar-refractivity contribution is -0.0472. The zero-order valence-corrected chi connectivity index (χ0v) is 13.3. The van der Waals surface area contributed by atoms with E-state index >= 15 is 0 Å². The summed E-state index contributed by atoms with van der Waals surface area (Å²) in [7, 11) is 1.95. The molecule has 122 valence electrons. The van der Waals surface area contributed by atoms with Crippen molar-refractivity contribution in [2.45, 2.75) is 37.6 Å². The minimum atomic E-state index is 0.0566. The molecule has 0 unspecified atom stereocenters. The van der Waals surface area contributed by atoms with Gasteiger partial charge in [0.25, 0.3) is 0 Å². The summed E-state index contributed by atoms with van der Waals surface area (Å²) in [5, 5.41) is 4.27. The fourth-order valence-corrected chi connectivity index (χ4v) is 3.67. The molecule has 3 atom stereocenters. The molecule has 4 rings (SSSR count). The second kappa shape index (κ2) is 6.29. The second-order valence-electron chi connectivity index (χ2n) is 6.34. The number of fused-ring (bicyclic) bond motifs is 1. The summed E-state index contributed by atoms with van der Waals surface area (Å²) in [6, 6.07) is 4.27. The first-order chi connectivity index (χ1) is 11.3. The van der Waals surface area contributed by atoms with Gasteiger partial charge in [0.1, 0.15) is 18.0 Å². The lowest BCUT2D eigenvalue weighted by Crippen LogP contribution is -2.42. The molecule has 2 aliphatic rings. The van der Waals surface area contributed by atoms with Gasteiger partial charge in [-0.05, 0) is 25.0 Å². The number of rotatable bonds is 4. The number of hydrogen-bond acceptors (Lipinski definition) is 5. The summed E-state index contributed by atoms with van der Waals surface area (Å²) in [4.78, 5) is 6.60. The molecule has 6 nitrogen and oxygen atoms in total. The van der Waals surface area contributed by atoms with E-state index in [2.05, 4.69) is 21.2 Å². The van der Waals surface area contributed by atoms with Crippen LogP contribution in [0.4, 0.5) is 0 Å². The molecular weight excluding hydrogens is 292 g/mol. The molecule has 2 aromatic heterocycles. The van der Waals surface area contributed by atoms with Crippen molar-refractivity contribution in [1.29, 1.82) is 0 Å². The zero-order valence-electron chi connectivity index (χ0n) is 13.3. The average Bonchev–Trinajstić information content (AvgIpc) is 3.14. The zero-order chi connectivity index (χ0) is 15.6. The van der Waals surface area contributed by atoms with Crippen molar-refractivity contribution in [1.82, 2.24) is 19.7 Å². The van der Waals surface area contributed by atoms with E-state index < -0.39 is 0 Å². The van der Waals surface area contributed by atoms with Gasteiger partial charge in [0.2, 0.25) is 0 Å². The van der Waals surface area contributed by atoms with Gasteiger partial charge in [0, 0.05) is 50.7 Å². The molecule has 2 aromatic rings. The third kappa shape index (κ3) is 3.09. The Morgan fingerprint density at radius 1 is 1.39 bits per heavy atom. The maximum absolute atomic E-state index is 6.17. The van der Waals surface area contributed by atoms with Crippen LogP contribution in [0.1, 0.15) is 18.4 Å². The molecule has 6 heteroatoms. The normalized spacial score (nSPS) is 27.8. The van der Waals surface area contributed by atoms with Gasteiger partial charge < -0.3 is 9.47 Å². The molecule has 0 saturated carbocycles. The highest BCUT2D eigenvalue weighted by Crippen LogP contribution is 2.32. The molecule has 0 bridgehead atoms. The first-order valence-electron chi connectivity index (χ1n) is 8.19. The third-order valence-corrected chi connectivity index (χ3v) is 4.65. The van der Waals surface area contributed by atoms with Gasteiger partial charge in [0.15, 0.2) is 0 Å². The van der Waals surface area contributed by atoms with Crippen molar-refractivity contribution in [2.24, 2.45) is 7.05 Å². The Bertz CT molecular complexity index is 645. The van der Waals surface area contributed by atoms with E-state index in [1.54, 1.807) is 12.4 Å². The monoisotopic (exact) mass is 314 g/mol. The van der Waals surface area contributed by atoms with Crippen LogP contribution < -0.4 is 4.74 Å². The lowest BCUT2D eigenvalue weighted by Gasteiger charge is -2.32. The summed E-state index contributed by atoms with van der Waals surface area (Å²) in [6.07, 6.45) is 10.0. The molecule has 0 spiro atoms. The Hall–Kier alpha value is -1.92. The van der Waals surface area contributed by atoms with E-state index in [0.29, 0.717) is 6.04 Å². The van der Waals surface area contributed by atoms with Crippen LogP contribution in [0.15, 0.2) is 36.9 Å². The highest BCUT2D eigenvalue weighted by Gasteiger charge is 2.45. The Morgan fingerprint density at radius 3 is 3.13 bits per heavy atom. The molecule has 0 N–H and O–H groups in total. The number of hydrogen-bond donors (Lipinski definition) is 0. The number of likely N-dealkylation sites (tertiary alicyclic amines) is 1. The van der Waals surface area contributed by atoms with Crippen molar-refractivity contribution in [3.63, 3.8) is 0 Å². The highest BCUT2D eigenvalue weighted by atomic mass is 16.5. The van der Waals surface area contributed by atoms with Crippen LogP contribution in [0.2, 0.25) is 0 Å². The Morgan fingerprint density at radius 2 is 2.35 bits per heavy atom. The predicted octanol–water partition coefficient (Wildman–Crippen LogP) is 1.63. The van der Waals surface area contributed by atoms with Gasteiger partial charge >= 0.3 is 0 Å². The number of nitrogens with zero attached hydrogens (tertiary/aromatic N) is 4. The summed E-state index contributed by atoms with van der Waals surface area (Å²) in [6.45, 7) is 2.60. The van der Waals surface area contributed by atoms with Crippen LogP contribution in [0.5, 0.6) is 5.75 Å². The Kier molecular flexibility index (Phi) is 4.01. The topological polar surface area (TPSA) is 52.4 Å². The number of aryl methyl sites for hydroxylation is 1. The van der Waals surface area contributed by atoms with Gasteiger partial charge in [-0.15, -0.1) is 0 Å². The van der Waals surface area contributed by atoms with Crippen LogP contribution in [0.25, 0.3) is 0 Å². The van der Waals surface area contributed by atoms with Crippen LogP contribution in [-0.2, 0) is 18.3 Å². The summed E-state index contributed by atoms with van der Waals surface area (Å²) in [5.41, 5.74) is 1.24. The van der Waals surface area contributed by atoms with Crippen LogP contribution in [0, 0.1) is 0 Å². The molecule has 0 aromatic carbocycles. The van der Waals surface area contributed by atoms with E-state index in [1.807, 2.05) is 30.1 Å². The third-order valence-electron chi connectivity index (χ3n) is 4.65. The largest absolute Gasteiger partial charge is 0.485 e. The minimum absolute atomic E-state index is 0.0566. The molecule has 2 aliphatic heterocycles. The van der Waals surface area contributed by atoms with Gasteiger partial charge in [-0.2, -0.15) is 5.10 Å². The van der Waals surface area contributed by atoms with E-state index in [9.17, 15) is 0 Å². The molecule has 0 radical (unpaired) electrons. The Labute approximate surface area is 136 Å².